The Balaban J connectivity index is 1.91. The third-order valence-corrected chi connectivity index (χ3v) is 5.95. The lowest BCUT2D eigenvalue weighted by atomic mass is 10.2. The van der Waals surface area contributed by atoms with Gasteiger partial charge in [0.15, 0.2) is 5.13 Å². The van der Waals surface area contributed by atoms with E-state index in [4.69, 9.17) is 4.74 Å². The normalized spacial score (nSPS) is 11.2. The molecule has 0 aliphatic rings. The van der Waals surface area contributed by atoms with Gasteiger partial charge in [-0.25, -0.2) is 13.4 Å². The van der Waals surface area contributed by atoms with Gasteiger partial charge in [0.25, 0.3) is 10.0 Å². The van der Waals surface area contributed by atoms with E-state index in [9.17, 15) is 8.42 Å². The smallest absolute Gasteiger partial charge is 0.267 e. The number of nitrogens with zero attached hydrogens (tertiary/aromatic N) is 1. The summed E-state index contributed by atoms with van der Waals surface area (Å²) in [5, 5.41) is 2.11. The van der Waals surface area contributed by atoms with Gasteiger partial charge in [0.2, 0.25) is 0 Å². The first-order valence-corrected chi connectivity index (χ1v) is 10.0. The van der Waals surface area contributed by atoms with Gasteiger partial charge in [0, 0.05) is 15.4 Å². The maximum atomic E-state index is 12.6. The van der Waals surface area contributed by atoms with E-state index in [0.717, 1.165) is 11.3 Å². The highest BCUT2D eigenvalue weighted by Gasteiger charge is 2.21. The molecule has 3 aromatic rings. The Morgan fingerprint density at radius 2 is 1.92 bits per heavy atom. The van der Waals surface area contributed by atoms with Crippen LogP contribution >= 0.6 is 27.3 Å². The van der Waals surface area contributed by atoms with Crippen molar-refractivity contribution in [3.05, 3.63) is 58.4 Å². The number of hydrogen-bond acceptors (Lipinski definition) is 5. The van der Waals surface area contributed by atoms with Gasteiger partial charge in [-0.05, 0) is 18.2 Å². The number of hydrogen-bond donors (Lipinski definition) is 1. The van der Waals surface area contributed by atoms with Gasteiger partial charge in [-0.3, -0.25) is 4.72 Å². The lowest BCUT2D eigenvalue weighted by molar-refractivity contribution is 0.403. The Bertz CT molecular complexity index is 956. The second-order valence-corrected chi connectivity index (χ2v) is 8.23. The summed E-state index contributed by atoms with van der Waals surface area (Å²) >= 11 is 4.51. The molecule has 5 nitrogen and oxygen atoms in total. The number of thiazole rings is 1. The van der Waals surface area contributed by atoms with Gasteiger partial charge in [-0.15, -0.1) is 11.3 Å². The van der Waals surface area contributed by atoms with Crippen LogP contribution in [-0.2, 0) is 10.0 Å². The Labute approximate surface area is 152 Å². The van der Waals surface area contributed by atoms with Gasteiger partial charge in [-0.2, -0.15) is 0 Å². The van der Waals surface area contributed by atoms with Gasteiger partial charge in [0.1, 0.15) is 10.6 Å². The van der Waals surface area contributed by atoms with E-state index in [1.165, 1.54) is 24.5 Å². The largest absolute Gasteiger partial charge is 0.495 e. The molecule has 24 heavy (non-hydrogen) atoms. The number of ether oxygens (including phenoxy) is 1. The Hall–Kier alpha value is -1.90. The van der Waals surface area contributed by atoms with Crippen LogP contribution < -0.4 is 9.46 Å². The molecule has 3 rings (SSSR count). The van der Waals surface area contributed by atoms with Crippen LogP contribution in [0.5, 0.6) is 5.75 Å². The molecule has 0 unspecified atom stereocenters. The molecule has 0 saturated carbocycles. The number of halogens is 1. The lowest BCUT2D eigenvalue weighted by Crippen LogP contribution is -2.14. The highest BCUT2D eigenvalue weighted by molar-refractivity contribution is 9.10. The number of rotatable bonds is 5. The predicted octanol–water partition coefficient (Wildman–Crippen LogP) is 4.38. The zero-order valence-electron chi connectivity index (χ0n) is 12.6. The molecule has 1 N–H and O–H groups in total. The van der Waals surface area contributed by atoms with E-state index in [2.05, 4.69) is 25.6 Å². The van der Waals surface area contributed by atoms with Crippen molar-refractivity contribution in [3.8, 4) is 17.0 Å². The van der Waals surface area contributed by atoms with Crippen LogP contribution in [0.3, 0.4) is 0 Å². The van der Waals surface area contributed by atoms with Crippen molar-refractivity contribution in [2.45, 2.75) is 4.90 Å². The molecule has 0 radical (unpaired) electrons. The fourth-order valence-electron chi connectivity index (χ4n) is 2.09. The summed E-state index contributed by atoms with van der Waals surface area (Å²) in [5.41, 5.74) is 1.65. The average molecular weight is 425 g/mol. The fourth-order valence-corrected chi connectivity index (χ4v) is 4.77. The van der Waals surface area contributed by atoms with Crippen molar-refractivity contribution in [1.29, 1.82) is 0 Å². The number of sulfonamides is 1. The molecular formula is C16H13BrN2O3S2. The number of aromatic nitrogens is 1. The van der Waals surface area contributed by atoms with E-state index < -0.39 is 10.0 Å². The summed E-state index contributed by atoms with van der Waals surface area (Å²) in [6.45, 7) is 0. The Morgan fingerprint density at radius 3 is 2.62 bits per heavy atom. The van der Waals surface area contributed by atoms with E-state index in [-0.39, 0.29) is 10.6 Å². The van der Waals surface area contributed by atoms with Crippen molar-refractivity contribution >= 4 is 42.4 Å². The monoisotopic (exact) mass is 424 g/mol. The maximum absolute atomic E-state index is 12.6. The molecular weight excluding hydrogens is 412 g/mol. The van der Waals surface area contributed by atoms with Crippen LogP contribution in [0.2, 0.25) is 0 Å². The molecule has 0 aliphatic carbocycles. The summed E-state index contributed by atoms with van der Waals surface area (Å²) in [4.78, 5) is 4.40. The summed E-state index contributed by atoms with van der Waals surface area (Å²) in [6, 6.07) is 14.4. The van der Waals surface area contributed by atoms with Gasteiger partial charge >= 0.3 is 0 Å². The maximum Gasteiger partial charge on any atom is 0.267 e. The number of methoxy groups -OCH3 is 1. The van der Waals surface area contributed by atoms with Crippen LogP contribution in [0.4, 0.5) is 5.13 Å². The quantitative estimate of drug-likeness (QED) is 0.659. The van der Waals surface area contributed by atoms with Crippen molar-refractivity contribution in [2.75, 3.05) is 11.8 Å². The highest BCUT2D eigenvalue weighted by Crippen LogP contribution is 2.31. The predicted molar refractivity (Wildman–Crippen MR) is 99.1 cm³/mol. The van der Waals surface area contributed by atoms with Crippen molar-refractivity contribution in [2.24, 2.45) is 0 Å². The van der Waals surface area contributed by atoms with E-state index >= 15 is 0 Å². The molecule has 0 saturated heterocycles. The molecule has 2 aromatic carbocycles. The second-order valence-electron chi connectivity index (χ2n) is 4.80. The first-order valence-electron chi connectivity index (χ1n) is 6.87. The van der Waals surface area contributed by atoms with Crippen LogP contribution in [0.1, 0.15) is 0 Å². The SMILES string of the molecule is COc1ccc(Br)cc1S(=O)(=O)Nc1nc(-c2ccccc2)cs1. The molecule has 0 bridgehead atoms. The third-order valence-electron chi connectivity index (χ3n) is 3.21. The van der Waals surface area contributed by atoms with Crippen LogP contribution in [0.15, 0.2) is 63.3 Å². The highest BCUT2D eigenvalue weighted by atomic mass is 79.9. The minimum Gasteiger partial charge on any atom is -0.495 e. The van der Waals surface area contributed by atoms with Crippen molar-refractivity contribution < 1.29 is 13.2 Å². The number of anilines is 1. The minimum absolute atomic E-state index is 0.0517. The van der Waals surface area contributed by atoms with Crippen LogP contribution in [-0.4, -0.2) is 20.5 Å². The fraction of sp³-hybridized carbons (Fsp3) is 0.0625. The topological polar surface area (TPSA) is 68.3 Å². The van der Waals surface area contributed by atoms with Crippen LogP contribution in [0.25, 0.3) is 11.3 Å². The molecule has 0 fully saturated rings. The molecule has 0 spiro atoms. The van der Waals surface area contributed by atoms with E-state index in [1.54, 1.807) is 12.1 Å². The molecule has 0 atom stereocenters. The molecule has 8 heteroatoms. The Morgan fingerprint density at radius 1 is 1.17 bits per heavy atom. The Kier molecular flexibility index (Phi) is 4.88. The average Bonchev–Trinajstić information content (AvgIpc) is 3.03. The molecule has 1 aromatic heterocycles. The molecule has 124 valence electrons. The second kappa shape index (κ2) is 6.92. The van der Waals surface area contributed by atoms with Crippen LogP contribution in [0, 0.1) is 0 Å². The van der Waals surface area contributed by atoms with Crippen molar-refractivity contribution in [1.82, 2.24) is 4.98 Å². The summed E-state index contributed by atoms with van der Waals surface area (Å²) in [6.07, 6.45) is 0. The van der Waals surface area contributed by atoms with Crippen molar-refractivity contribution in [3.63, 3.8) is 0 Å². The third kappa shape index (κ3) is 3.61. The molecule has 1 heterocycles. The van der Waals surface area contributed by atoms with Gasteiger partial charge in [0.05, 0.1) is 12.8 Å². The first-order chi connectivity index (χ1) is 11.5. The molecule has 0 amide bonds. The zero-order chi connectivity index (χ0) is 17.2. The summed E-state index contributed by atoms with van der Waals surface area (Å²) < 4.78 is 33.6. The standard InChI is InChI=1S/C16H13BrN2O3S2/c1-22-14-8-7-12(17)9-15(14)24(20,21)19-16-18-13(10-23-16)11-5-3-2-4-6-11/h2-10H,1H3,(H,18,19). The zero-order valence-corrected chi connectivity index (χ0v) is 15.8. The summed E-state index contributed by atoms with van der Waals surface area (Å²) in [5.74, 6) is 0.269. The first kappa shape index (κ1) is 16.9. The lowest BCUT2D eigenvalue weighted by Gasteiger charge is -2.10. The number of benzene rings is 2. The van der Waals surface area contributed by atoms with Gasteiger partial charge < -0.3 is 4.74 Å². The van der Waals surface area contributed by atoms with E-state index in [1.807, 2.05) is 35.7 Å². The number of nitrogens with one attached hydrogen (secondary N) is 1. The summed E-state index contributed by atoms with van der Waals surface area (Å²) in [7, 11) is -2.37. The van der Waals surface area contributed by atoms with E-state index in [0.29, 0.717) is 9.60 Å². The van der Waals surface area contributed by atoms with Gasteiger partial charge in [-0.1, -0.05) is 46.3 Å². The molecule has 0 aliphatic heterocycles. The minimum atomic E-state index is -3.80.